The van der Waals surface area contributed by atoms with E-state index in [2.05, 4.69) is 49.6 Å². The molecule has 9 heteroatoms. The van der Waals surface area contributed by atoms with Gasteiger partial charge in [0.25, 0.3) is 0 Å². The fraction of sp³-hybridized carbons (Fsp3) is 0.292. The molecule has 3 heterocycles. The molecule has 0 saturated heterocycles. The predicted octanol–water partition coefficient (Wildman–Crippen LogP) is 4.32. The number of fused-ring (bicyclic) bond motifs is 1. The van der Waals surface area contributed by atoms with Crippen LogP contribution in [-0.2, 0) is 0 Å². The number of H-pyrrole nitrogens is 1. The topological polar surface area (TPSA) is 100 Å². The van der Waals surface area contributed by atoms with Crippen LogP contribution in [0.4, 0.5) is 23.1 Å². The van der Waals surface area contributed by atoms with Gasteiger partial charge in [0.15, 0.2) is 11.5 Å². The molecule has 1 fully saturated rings. The van der Waals surface area contributed by atoms with Crippen molar-refractivity contribution >= 4 is 34.2 Å². The van der Waals surface area contributed by atoms with Crippen molar-refractivity contribution in [1.82, 2.24) is 24.8 Å². The first kappa shape index (κ1) is 21.0. The Bertz CT molecular complexity index is 1250. The average molecular weight is 446 g/mol. The summed E-state index contributed by atoms with van der Waals surface area (Å²) in [5, 5.41) is 7.54. The number of pyridine rings is 1. The molecule has 1 saturated carbocycles. The molecular formula is C24H27N7O2. The van der Waals surface area contributed by atoms with Gasteiger partial charge < -0.3 is 30.0 Å². The zero-order chi connectivity index (χ0) is 22.8. The molecule has 0 atom stereocenters. The molecule has 3 aromatic heterocycles. The first-order chi connectivity index (χ1) is 16.1. The van der Waals surface area contributed by atoms with Crippen molar-refractivity contribution < 1.29 is 9.47 Å². The monoisotopic (exact) mass is 445 g/mol. The van der Waals surface area contributed by atoms with E-state index in [0.29, 0.717) is 23.6 Å². The van der Waals surface area contributed by atoms with Crippen LogP contribution >= 0.6 is 0 Å². The van der Waals surface area contributed by atoms with Gasteiger partial charge >= 0.3 is 0 Å². The summed E-state index contributed by atoms with van der Waals surface area (Å²) >= 11 is 0. The van der Waals surface area contributed by atoms with Crippen molar-refractivity contribution in [1.29, 1.82) is 0 Å². The van der Waals surface area contributed by atoms with Crippen LogP contribution in [0.1, 0.15) is 12.8 Å². The van der Waals surface area contributed by atoms with E-state index in [1.54, 1.807) is 19.5 Å². The normalized spacial score (nSPS) is 17.6. The predicted molar refractivity (Wildman–Crippen MR) is 129 cm³/mol. The van der Waals surface area contributed by atoms with Gasteiger partial charge in [-0.15, -0.1) is 0 Å². The van der Waals surface area contributed by atoms with Crippen molar-refractivity contribution in [3.8, 4) is 11.5 Å². The Kier molecular flexibility index (Phi) is 5.70. The minimum Gasteiger partial charge on any atom is -0.493 e. The number of hydrogen-bond donors (Lipinski definition) is 3. The second kappa shape index (κ2) is 8.95. The molecule has 3 N–H and O–H groups in total. The minimum absolute atomic E-state index is 0.219. The summed E-state index contributed by atoms with van der Waals surface area (Å²) in [5.41, 5.74) is 2.51. The lowest BCUT2D eigenvalue weighted by Gasteiger charge is -2.39. The Morgan fingerprint density at radius 1 is 1.00 bits per heavy atom. The van der Waals surface area contributed by atoms with E-state index < -0.39 is 0 Å². The van der Waals surface area contributed by atoms with Gasteiger partial charge in [-0.2, -0.15) is 4.98 Å². The molecule has 0 radical (unpaired) electrons. The number of anilines is 4. The fourth-order valence-electron chi connectivity index (χ4n) is 3.85. The van der Waals surface area contributed by atoms with Gasteiger partial charge in [-0.05, 0) is 57.3 Å². The molecular weight excluding hydrogens is 418 g/mol. The quantitative estimate of drug-likeness (QED) is 0.369. The lowest BCUT2D eigenvalue weighted by Crippen LogP contribution is -2.46. The lowest BCUT2D eigenvalue weighted by molar-refractivity contribution is 0.0383. The number of nitrogens with one attached hydrogen (secondary N) is 3. The highest BCUT2D eigenvalue weighted by atomic mass is 16.5. The van der Waals surface area contributed by atoms with E-state index in [1.807, 2.05) is 42.6 Å². The summed E-state index contributed by atoms with van der Waals surface area (Å²) in [6.45, 7) is 0. The highest BCUT2D eigenvalue weighted by Crippen LogP contribution is 2.36. The van der Waals surface area contributed by atoms with Gasteiger partial charge in [-0.25, -0.2) is 9.97 Å². The molecule has 0 bridgehead atoms. The summed E-state index contributed by atoms with van der Waals surface area (Å²) in [6, 6.07) is 12.1. The SMILES string of the molecule is COc1cc(Nc2nccc(Nc3cnc4[nH]ccc4c3)n2)ccc1OC1CC(N(C)C)C1. The fourth-order valence-corrected chi connectivity index (χ4v) is 3.85. The molecule has 170 valence electrons. The summed E-state index contributed by atoms with van der Waals surface area (Å²) in [4.78, 5) is 18.6. The first-order valence-corrected chi connectivity index (χ1v) is 10.9. The largest absolute Gasteiger partial charge is 0.493 e. The van der Waals surface area contributed by atoms with Crippen LogP contribution in [0, 0.1) is 0 Å². The first-order valence-electron chi connectivity index (χ1n) is 10.9. The number of methoxy groups -OCH3 is 1. The van der Waals surface area contributed by atoms with Crippen LogP contribution in [0.15, 0.2) is 55.0 Å². The molecule has 33 heavy (non-hydrogen) atoms. The molecule has 9 nitrogen and oxygen atoms in total. The smallest absolute Gasteiger partial charge is 0.229 e. The van der Waals surface area contributed by atoms with Gasteiger partial charge in [-0.3, -0.25) is 0 Å². The van der Waals surface area contributed by atoms with Gasteiger partial charge in [0.05, 0.1) is 19.0 Å². The molecule has 1 aliphatic carbocycles. The van der Waals surface area contributed by atoms with Crippen molar-refractivity contribution in [2.24, 2.45) is 0 Å². The van der Waals surface area contributed by atoms with Crippen LogP contribution in [0.3, 0.4) is 0 Å². The molecule has 1 aliphatic rings. The molecule has 4 aromatic rings. The maximum Gasteiger partial charge on any atom is 0.229 e. The molecule has 0 amide bonds. The van der Waals surface area contributed by atoms with Crippen molar-refractivity contribution in [3.05, 3.63) is 55.0 Å². The average Bonchev–Trinajstić information content (AvgIpc) is 3.24. The third kappa shape index (κ3) is 4.68. The standard InChI is InChI=1S/C24H27N7O2/c1-31(2)18-12-19(13-18)33-20-5-4-16(11-21(20)32-3)29-24-26-9-7-22(30-24)28-17-10-15-6-8-25-23(15)27-14-17/h4-11,14,18-19H,12-13H2,1-3H3,(H,25,27)(H2,26,28,29,30). The zero-order valence-corrected chi connectivity index (χ0v) is 18.9. The second-order valence-corrected chi connectivity index (χ2v) is 8.35. The van der Waals surface area contributed by atoms with Crippen molar-refractivity contribution in [2.45, 2.75) is 25.0 Å². The summed E-state index contributed by atoms with van der Waals surface area (Å²) < 4.78 is 11.7. The molecule has 0 unspecified atom stereocenters. The van der Waals surface area contributed by atoms with Crippen LogP contribution < -0.4 is 20.1 Å². The summed E-state index contributed by atoms with van der Waals surface area (Å²) in [7, 11) is 5.85. The van der Waals surface area contributed by atoms with E-state index >= 15 is 0 Å². The highest BCUT2D eigenvalue weighted by molar-refractivity contribution is 5.79. The Morgan fingerprint density at radius 2 is 1.88 bits per heavy atom. The molecule has 0 aliphatic heterocycles. The molecule has 5 rings (SSSR count). The number of benzene rings is 1. The van der Waals surface area contributed by atoms with E-state index in [1.165, 1.54) is 0 Å². The van der Waals surface area contributed by atoms with Gasteiger partial charge in [0, 0.05) is 35.6 Å². The number of aromatic amines is 1. The third-order valence-corrected chi connectivity index (χ3v) is 5.84. The van der Waals surface area contributed by atoms with E-state index in [0.717, 1.165) is 41.0 Å². The summed E-state index contributed by atoms with van der Waals surface area (Å²) in [6.07, 6.45) is 7.60. The lowest BCUT2D eigenvalue weighted by atomic mass is 9.88. The van der Waals surface area contributed by atoms with Crippen LogP contribution in [-0.4, -0.2) is 58.2 Å². The second-order valence-electron chi connectivity index (χ2n) is 8.35. The number of rotatable bonds is 8. The highest BCUT2D eigenvalue weighted by Gasteiger charge is 2.32. The van der Waals surface area contributed by atoms with E-state index in [4.69, 9.17) is 9.47 Å². The molecule has 0 spiro atoms. The van der Waals surface area contributed by atoms with E-state index in [9.17, 15) is 0 Å². The number of aromatic nitrogens is 4. The Hall–Kier alpha value is -3.85. The van der Waals surface area contributed by atoms with Crippen LogP contribution in [0.25, 0.3) is 11.0 Å². The maximum absolute atomic E-state index is 6.14. The van der Waals surface area contributed by atoms with E-state index in [-0.39, 0.29) is 6.10 Å². The Balaban J connectivity index is 1.26. The molecule has 1 aromatic carbocycles. The maximum atomic E-state index is 6.14. The third-order valence-electron chi connectivity index (χ3n) is 5.84. The number of nitrogens with zero attached hydrogens (tertiary/aromatic N) is 4. The number of ether oxygens (including phenoxy) is 2. The van der Waals surface area contributed by atoms with Gasteiger partial charge in [0.1, 0.15) is 17.6 Å². The van der Waals surface area contributed by atoms with Gasteiger partial charge in [0.2, 0.25) is 5.95 Å². The zero-order valence-electron chi connectivity index (χ0n) is 18.9. The minimum atomic E-state index is 0.219. The number of hydrogen-bond acceptors (Lipinski definition) is 8. The van der Waals surface area contributed by atoms with Crippen molar-refractivity contribution in [3.63, 3.8) is 0 Å². The Morgan fingerprint density at radius 3 is 2.70 bits per heavy atom. The van der Waals surface area contributed by atoms with Crippen LogP contribution in [0.2, 0.25) is 0 Å². The van der Waals surface area contributed by atoms with Gasteiger partial charge in [-0.1, -0.05) is 0 Å². The summed E-state index contributed by atoms with van der Waals surface area (Å²) in [5.74, 6) is 2.55. The Labute approximate surface area is 192 Å². The van der Waals surface area contributed by atoms with Crippen molar-refractivity contribution in [2.75, 3.05) is 31.8 Å². The van der Waals surface area contributed by atoms with Crippen LogP contribution in [0.5, 0.6) is 11.5 Å².